The van der Waals surface area contributed by atoms with Gasteiger partial charge in [0.2, 0.25) is 0 Å². The molecule has 1 fully saturated rings. The molecule has 0 amide bonds. The summed E-state index contributed by atoms with van der Waals surface area (Å²) in [6.45, 7) is 6.98. The summed E-state index contributed by atoms with van der Waals surface area (Å²) in [7, 11) is 1.71. The molecule has 0 atom stereocenters. The van der Waals surface area contributed by atoms with Crippen LogP contribution in [0.3, 0.4) is 0 Å². The first-order valence-corrected chi connectivity index (χ1v) is 5.75. The zero-order chi connectivity index (χ0) is 11.0. The molecule has 3 nitrogen and oxygen atoms in total. The highest BCUT2D eigenvalue weighted by Gasteiger charge is 2.09. The number of rotatable bonds is 1. The summed E-state index contributed by atoms with van der Waals surface area (Å²) in [6.07, 6.45) is 7.05. The lowest BCUT2D eigenvalue weighted by molar-refractivity contribution is 0.0397. The van der Waals surface area contributed by atoms with Crippen LogP contribution in [0.4, 0.5) is 0 Å². The van der Waals surface area contributed by atoms with Crippen LogP contribution in [0.2, 0.25) is 0 Å². The first kappa shape index (κ1) is 17.3. The van der Waals surface area contributed by atoms with Gasteiger partial charge in [0.1, 0.15) is 0 Å². The molecule has 0 unspecified atom stereocenters. The number of methoxy groups -OCH3 is 1. The van der Waals surface area contributed by atoms with Crippen molar-refractivity contribution < 1.29 is 10.2 Å². The van der Waals surface area contributed by atoms with Crippen LogP contribution in [0, 0.1) is 5.92 Å². The molecule has 0 aromatic heterocycles. The first-order chi connectivity index (χ1) is 6.49. The van der Waals surface area contributed by atoms with Crippen LogP contribution in [0.15, 0.2) is 0 Å². The predicted molar refractivity (Wildman–Crippen MR) is 66.0 cm³/mol. The van der Waals surface area contributed by atoms with Gasteiger partial charge in [0.05, 0.1) is 5.60 Å². The van der Waals surface area contributed by atoms with Crippen LogP contribution in [0.1, 0.15) is 52.9 Å². The van der Waals surface area contributed by atoms with E-state index in [2.05, 4.69) is 0 Å². The van der Waals surface area contributed by atoms with E-state index in [9.17, 15) is 0 Å². The van der Waals surface area contributed by atoms with Gasteiger partial charge in [-0.15, -0.1) is 0 Å². The van der Waals surface area contributed by atoms with Crippen molar-refractivity contribution in [2.24, 2.45) is 11.7 Å². The van der Waals surface area contributed by atoms with Gasteiger partial charge in [0.15, 0.2) is 0 Å². The maximum absolute atomic E-state index is 5.50. The fourth-order valence-corrected chi connectivity index (χ4v) is 1.42. The van der Waals surface area contributed by atoms with Gasteiger partial charge in [-0.25, -0.2) is 0 Å². The number of hydrogen-bond donors (Lipinski definition) is 1. The third-order valence-electron chi connectivity index (χ3n) is 2.67. The van der Waals surface area contributed by atoms with Crippen molar-refractivity contribution in [3.05, 3.63) is 0 Å². The highest BCUT2D eigenvalue weighted by molar-refractivity contribution is 4.65. The van der Waals surface area contributed by atoms with E-state index in [1.807, 2.05) is 20.8 Å². The van der Waals surface area contributed by atoms with Gasteiger partial charge in [0.25, 0.3) is 0 Å². The van der Waals surface area contributed by atoms with Crippen molar-refractivity contribution in [2.45, 2.75) is 58.5 Å². The second-order valence-electron chi connectivity index (χ2n) is 5.06. The van der Waals surface area contributed by atoms with Crippen molar-refractivity contribution in [3.63, 3.8) is 0 Å². The smallest absolute Gasteiger partial charge is 0.0594 e. The Kier molecular flexibility index (Phi) is 10.5. The minimum atomic E-state index is 0. The summed E-state index contributed by atoms with van der Waals surface area (Å²) < 4.78 is 4.94. The van der Waals surface area contributed by atoms with Crippen LogP contribution in [0.25, 0.3) is 0 Å². The molecule has 0 saturated heterocycles. The molecular weight excluding hydrogens is 190 g/mol. The second-order valence-corrected chi connectivity index (χ2v) is 5.06. The van der Waals surface area contributed by atoms with E-state index in [4.69, 9.17) is 10.5 Å². The maximum atomic E-state index is 5.50. The molecule has 94 valence electrons. The van der Waals surface area contributed by atoms with Crippen LogP contribution in [-0.4, -0.2) is 24.7 Å². The number of hydrogen-bond acceptors (Lipinski definition) is 2. The molecule has 4 N–H and O–H groups in total. The minimum absolute atomic E-state index is 0. The highest BCUT2D eigenvalue weighted by atomic mass is 16.5. The Bertz CT molecular complexity index is 126. The van der Waals surface area contributed by atoms with Gasteiger partial charge in [0, 0.05) is 7.11 Å². The van der Waals surface area contributed by atoms with E-state index in [-0.39, 0.29) is 11.1 Å². The third kappa shape index (κ3) is 11.8. The lowest BCUT2D eigenvalue weighted by Gasteiger charge is -2.18. The normalized spacial score (nSPS) is 17.4. The lowest BCUT2D eigenvalue weighted by atomic mass is 9.90. The lowest BCUT2D eigenvalue weighted by Crippen LogP contribution is -2.16. The summed E-state index contributed by atoms with van der Waals surface area (Å²) in [4.78, 5) is 0. The standard InChI is InChI=1S/C7H15N.C5H12O.H2O/c8-6-7-4-2-1-3-5-7;1-5(2,3)6-4;/h7H,1-6,8H2;1-4H3;1H2. The van der Waals surface area contributed by atoms with E-state index in [1.54, 1.807) is 7.11 Å². The van der Waals surface area contributed by atoms with E-state index in [0.29, 0.717) is 0 Å². The molecule has 0 aromatic carbocycles. The second kappa shape index (κ2) is 9.13. The van der Waals surface area contributed by atoms with E-state index < -0.39 is 0 Å². The zero-order valence-corrected chi connectivity index (χ0v) is 10.8. The number of nitrogens with two attached hydrogens (primary N) is 1. The molecule has 1 aliphatic rings. The third-order valence-corrected chi connectivity index (χ3v) is 2.67. The van der Waals surface area contributed by atoms with Gasteiger partial charge in [-0.2, -0.15) is 0 Å². The molecule has 0 aliphatic heterocycles. The van der Waals surface area contributed by atoms with Crippen LogP contribution in [-0.2, 0) is 4.74 Å². The summed E-state index contributed by atoms with van der Waals surface area (Å²) in [5.41, 5.74) is 5.54. The summed E-state index contributed by atoms with van der Waals surface area (Å²) in [6, 6.07) is 0. The fraction of sp³-hybridized carbons (Fsp3) is 1.00. The first-order valence-electron chi connectivity index (χ1n) is 5.75. The van der Waals surface area contributed by atoms with Gasteiger partial charge >= 0.3 is 0 Å². The molecule has 1 aliphatic carbocycles. The Morgan fingerprint density at radius 2 is 1.53 bits per heavy atom. The average molecular weight is 219 g/mol. The molecule has 1 saturated carbocycles. The van der Waals surface area contributed by atoms with E-state index in [0.717, 1.165) is 12.5 Å². The van der Waals surface area contributed by atoms with Crippen LogP contribution in [0.5, 0.6) is 0 Å². The van der Waals surface area contributed by atoms with Gasteiger partial charge < -0.3 is 15.9 Å². The van der Waals surface area contributed by atoms with Crippen LogP contribution < -0.4 is 5.73 Å². The molecule has 0 heterocycles. The van der Waals surface area contributed by atoms with Gasteiger partial charge in [-0.05, 0) is 46.1 Å². The number of ether oxygens (including phenoxy) is 1. The van der Waals surface area contributed by atoms with Gasteiger partial charge in [-0.3, -0.25) is 0 Å². The van der Waals surface area contributed by atoms with Crippen molar-refractivity contribution >= 4 is 0 Å². The van der Waals surface area contributed by atoms with Crippen molar-refractivity contribution in [2.75, 3.05) is 13.7 Å². The fourth-order valence-electron chi connectivity index (χ4n) is 1.42. The molecule has 0 spiro atoms. The SMILES string of the molecule is COC(C)(C)C.NCC1CCCCC1.O. The van der Waals surface area contributed by atoms with Crippen molar-refractivity contribution in [1.82, 2.24) is 0 Å². The molecule has 15 heavy (non-hydrogen) atoms. The van der Waals surface area contributed by atoms with E-state index >= 15 is 0 Å². The van der Waals surface area contributed by atoms with Crippen molar-refractivity contribution in [1.29, 1.82) is 0 Å². The topological polar surface area (TPSA) is 66.8 Å². The largest absolute Gasteiger partial charge is 0.412 e. The summed E-state index contributed by atoms with van der Waals surface area (Å²) >= 11 is 0. The molecule has 1 rings (SSSR count). The predicted octanol–water partition coefficient (Wildman–Crippen LogP) is 2.13. The molecule has 3 heteroatoms. The maximum Gasteiger partial charge on any atom is 0.0594 e. The Morgan fingerprint density at radius 1 is 1.13 bits per heavy atom. The minimum Gasteiger partial charge on any atom is -0.412 e. The Morgan fingerprint density at radius 3 is 1.73 bits per heavy atom. The van der Waals surface area contributed by atoms with Gasteiger partial charge in [-0.1, -0.05) is 19.3 Å². The monoisotopic (exact) mass is 219 g/mol. The average Bonchev–Trinajstić information content (AvgIpc) is 2.19. The Labute approximate surface area is 94.7 Å². The highest BCUT2D eigenvalue weighted by Crippen LogP contribution is 2.21. The van der Waals surface area contributed by atoms with Crippen LogP contribution >= 0.6 is 0 Å². The van der Waals surface area contributed by atoms with Crippen molar-refractivity contribution in [3.8, 4) is 0 Å². The zero-order valence-electron chi connectivity index (χ0n) is 10.8. The molecule has 0 bridgehead atoms. The molecular formula is C12H29NO2. The Hall–Kier alpha value is -0.120. The summed E-state index contributed by atoms with van der Waals surface area (Å²) in [5, 5.41) is 0. The summed E-state index contributed by atoms with van der Waals surface area (Å²) in [5.74, 6) is 0.865. The Balaban J connectivity index is 0. The van der Waals surface area contributed by atoms with E-state index in [1.165, 1.54) is 32.1 Å². The molecule has 0 aromatic rings. The molecule has 0 radical (unpaired) electrons. The quantitative estimate of drug-likeness (QED) is 0.734.